The summed E-state index contributed by atoms with van der Waals surface area (Å²) >= 11 is 5.96. The zero-order valence-corrected chi connectivity index (χ0v) is 13.4. The van der Waals surface area contributed by atoms with Crippen molar-refractivity contribution in [2.75, 3.05) is 18.5 Å². The van der Waals surface area contributed by atoms with E-state index in [4.69, 9.17) is 16.3 Å². The van der Waals surface area contributed by atoms with Crippen LogP contribution in [-0.2, 0) is 0 Å². The Kier molecular flexibility index (Phi) is 6.00. The first-order valence-corrected chi connectivity index (χ1v) is 7.47. The lowest BCUT2D eigenvalue weighted by atomic mass is 10.1. The van der Waals surface area contributed by atoms with E-state index < -0.39 is 0 Å². The molecule has 0 aliphatic heterocycles. The van der Waals surface area contributed by atoms with Gasteiger partial charge in [-0.3, -0.25) is 4.79 Å². The van der Waals surface area contributed by atoms with Crippen LogP contribution in [0.4, 0.5) is 10.5 Å². The van der Waals surface area contributed by atoms with Gasteiger partial charge in [0.15, 0.2) is 5.78 Å². The number of para-hydroxylation sites is 1. The predicted octanol–water partition coefficient (Wildman–Crippen LogP) is 3.74. The van der Waals surface area contributed by atoms with Crippen molar-refractivity contribution < 1.29 is 14.3 Å². The summed E-state index contributed by atoms with van der Waals surface area (Å²) in [5, 5.41) is 5.88. The highest BCUT2D eigenvalue weighted by Gasteiger charge is 2.04. The Morgan fingerprint density at radius 3 is 2.43 bits per heavy atom. The van der Waals surface area contributed by atoms with Gasteiger partial charge in [0, 0.05) is 11.3 Å². The summed E-state index contributed by atoms with van der Waals surface area (Å²) in [4.78, 5) is 22.9. The summed E-state index contributed by atoms with van der Waals surface area (Å²) in [6.45, 7) is 2.14. The highest BCUT2D eigenvalue weighted by Crippen LogP contribution is 2.22. The smallest absolute Gasteiger partial charge is 0.319 e. The van der Waals surface area contributed by atoms with Crippen molar-refractivity contribution in [3.63, 3.8) is 0 Å². The first kappa shape index (κ1) is 16.8. The van der Waals surface area contributed by atoms with Crippen LogP contribution in [0.5, 0.6) is 5.75 Å². The van der Waals surface area contributed by atoms with Gasteiger partial charge in [0.1, 0.15) is 12.4 Å². The average Bonchev–Trinajstić information content (AvgIpc) is 2.53. The molecule has 0 heterocycles. The molecule has 0 saturated carbocycles. The highest BCUT2D eigenvalue weighted by molar-refractivity contribution is 6.32. The van der Waals surface area contributed by atoms with Crippen LogP contribution in [0.1, 0.15) is 17.3 Å². The number of hydrogen-bond donors (Lipinski definition) is 2. The summed E-state index contributed by atoms with van der Waals surface area (Å²) in [5.74, 6) is 0.564. The van der Waals surface area contributed by atoms with E-state index in [-0.39, 0.29) is 11.8 Å². The third-order valence-corrected chi connectivity index (χ3v) is 3.34. The van der Waals surface area contributed by atoms with E-state index in [0.29, 0.717) is 35.2 Å². The lowest BCUT2D eigenvalue weighted by Gasteiger charge is -2.10. The minimum Gasteiger partial charge on any atom is -0.490 e. The van der Waals surface area contributed by atoms with Gasteiger partial charge in [-0.1, -0.05) is 23.7 Å². The standard InChI is InChI=1S/C17H17ClN2O3/c1-12(21)13-6-8-14(9-7-13)20-17(22)19-10-11-23-16-5-3-2-4-15(16)18/h2-9H,10-11H2,1H3,(H2,19,20,22). The first-order chi connectivity index (χ1) is 11.1. The van der Waals surface area contributed by atoms with Gasteiger partial charge in [0.2, 0.25) is 0 Å². The van der Waals surface area contributed by atoms with Gasteiger partial charge in [-0.2, -0.15) is 0 Å². The number of hydrogen-bond acceptors (Lipinski definition) is 3. The monoisotopic (exact) mass is 332 g/mol. The quantitative estimate of drug-likeness (QED) is 0.625. The molecule has 2 amide bonds. The molecule has 0 bridgehead atoms. The van der Waals surface area contributed by atoms with Crippen LogP contribution in [0.2, 0.25) is 5.02 Å². The SMILES string of the molecule is CC(=O)c1ccc(NC(=O)NCCOc2ccccc2Cl)cc1. The summed E-state index contributed by atoms with van der Waals surface area (Å²) in [7, 11) is 0. The van der Waals surface area contributed by atoms with Crippen LogP contribution in [0.3, 0.4) is 0 Å². The molecule has 5 nitrogen and oxygen atoms in total. The molecule has 0 unspecified atom stereocenters. The summed E-state index contributed by atoms with van der Waals surface area (Å²) < 4.78 is 5.47. The molecular formula is C17H17ClN2O3. The molecule has 0 radical (unpaired) electrons. The van der Waals surface area contributed by atoms with E-state index in [1.165, 1.54) is 6.92 Å². The first-order valence-electron chi connectivity index (χ1n) is 7.09. The molecule has 0 fully saturated rings. The van der Waals surface area contributed by atoms with Gasteiger partial charge in [0.25, 0.3) is 0 Å². The minimum atomic E-state index is -0.344. The van der Waals surface area contributed by atoms with Gasteiger partial charge in [0.05, 0.1) is 11.6 Å². The van der Waals surface area contributed by atoms with Gasteiger partial charge < -0.3 is 15.4 Å². The summed E-state index contributed by atoms with van der Waals surface area (Å²) in [5.41, 5.74) is 1.21. The Hall–Kier alpha value is -2.53. The largest absolute Gasteiger partial charge is 0.490 e. The summed E-state index contributed by atoms with van der Waals surface area (Å²) in [6, 6.07) is 13.5. The van der Waals surface area contributed by atoms with Gasteiger partial charge >= 0.3 is 6.03 Å². The Morgan fingerprint density at radius 2 is 1.78 bits per heavy atom. The molecule has 2 rings (SSSR count). The number of amides is 2. The van der Waals surface area contributed by atoms with Crippen LogP contribution in [0, 0.1) is 0 Å². The zero-order chi connectivity index (χ0) is 16.7. The fourth-order valence-corrected chi connectivity index (χ4v) is 2.04. The molecule has 0 aromatic heterocycles. The number of Topliss-reactive ketones (excluding diaryl/α,β-unsaturated/α-hetero) is 1. The third kappa shape index (κ3) is 5.30. The maximum atomic E-state index is 11.7. The molecule has 2 aromatic rings. The minimum absolute atomic E-state index is 0.0160. The normalized spacial score (nSPS) is 10.0. The van der Waals surface area contributed by atoms with Crippen LogP contribution in [0.15, 0.2) is 48.5 Å². The van der Waals surface area contributed by atoms with Crippen LogP contribution in [0.25, 0.3) is 0 Å². The molecule has 0 aliphatic rings. The molecule has 23 heavy (non-hydrogen) atoms. The fourth-order valence-electron chi connectivity index (χ4n) is 1.85. The molecule has 0 atom stereocenters. The van der Waals surface area contributed by atoms with Gasteiger partial charge in [-0.25, -0.2) is 4.79 Å². The van der Waals surface area contributed by atoms with E-state index in [2.05, 4.69) is 10.6 Å². The number of nitrogens with one attached hydrogen (secondary N) is 2. The second kappa shape index (κ2) is 8.19. The molecule has 0 saturated heterocycles. The van der Waals surface area contributed by atoms with Crippen molar-refractivity contribution in [3.05, 3.63) is 59.1 Å². The number of carbonyl (C=O) groups is 2. The van der Waals surface area contributed by atoms with Crippen molar-refractivity contribution in [1.29, 1.82) is 0 Å². The van der Waals surface area contributed by atoms with E-state index in [1.54, 1.807) is 36.4 Å². The number of benzene rings is 2. The maximum absolute atomic E-state index is 11.7. The number of anilines is 1. The van der Waals surface area contributed by atoms with Gasteiger partial charge in [-0.15, -0.1) is 0 Å². The number of urea groups is 1. The number of carbonyl (C=O) groups excluding carboxylic acids is 2. The molecule has 2 aromatic carbocycles. The Labute approximate surface area is 139 Å². The molecule has 120 valence electrons. The lowest BCUT2D eigenvalue weighted by Crippen LogP contribution is -2.32. The second-order valence-corrected chi connectivity index (χ2v) is 5.20. The average molecular weight is 333 g/mol. The number of ether oxygens (including phenoxy) is 1. The van der Waals surface area contributed by atoms with E-state index in [9.17, 15) is 9.59 Å². The summed E-state index contributed by atoms with van der Waals surface area (Å²) in [6.07, 6.45) is 0. The van der Waals surface area contributed by atoms with Crippen molar-refractivity contribution in [1.82, 2.24) is 5.32 Å². The van der Waals surface area contributed by atoms with Crippen LogP contribution in [-0.4, -0.2) is 25.0 Å². The molecule has 0 spiro atoms. The maximum Gasteiger partial charge on any atom is 0.319 e. The Morgan fingerprint density at radius 1 is 1.09 bits per heavy atom. The third-order valence-electron chi connectivity index (χ3n) is 3.03. The van der Waals surface area contributed by atoms with Crippen LogP contribution >= 0.6 is 11.6 Å². The van der Waals surface area contributed by atoms with Gasteiger partial charge in [-0.05, 0) is 43.3 Å². The Balaban J connectivity index is 1.73. The number of halogens is 1. The zero-order valence-electron chi connectivity index (χ0n) is 12.6. The Bertz CT molecular complexity index is 686. The second-order valence-electron chi connectivity index (χ2n) is 4.79. The van der Waals surface area contributed by atoms with E-state index >= 15 is 0 Å². The predicted molar refractivity (Wildman–Crippen MR) is 90.4 cm³/mol. The topological polar surface area (TPSA) is 67.4 Å². The van der Waals surface area contributed by atoms with Crippen molar-refractivity contribution >= 4 is 29.1 Å². The van der Waals surface area contributed by atoms with E-state index in [0.717, 1.165) is 0 Å². The van der Waals surface area contributed by atoms with Crippen molar-refractivity contribution in [3.8, 4) is 5.75 Å². The lowest BCUT2D eigenvalue weighted by molar-refractivity contribution is 0.101. The van der Waals surface area contributed by atoms with E-state index in [1.807, 2.05) is 12.1 Å². The van der Waals surface area contributed by atoms with Crippen molar-refractivity contribution in [2.45, 2.75) is 6.92 Å². The number of rotatable bonds is 6. The fraction of sp³-hybridized carbons (Fsp3) is 0.176. The number of ketones is 1. The molecule has 6 heteroatoms. The van der Waals surface area contributed by atoms with Crippen molar-refractivity contribution in [2.24, 2.45) is 0 Å². The molecular weight excluding hydrogens is 316 g/mol. The van der Waals surface area contributed by atoms with Crippen LogP contribution < -0.4 is 15.4 Å². The molecule has 0 aliphatic carbocycles. The molecule has 2 N–H and O–H groups in total. The highest BCUT2D eigenvalue weighted by atomic mass is 35.5.